The number of benzene rings is 2. The molecular weight excluding hydrogens is 430 g/mol. The van der Waals surface area contributed by atoms with Crippen LogP contribution >= 0.6 is 0 Å². The monoisotopic (exact) mass is 451 g/mol. The quantitative estimate of drug-likeness (QED) is 0.529. The van der Waals surface area contributed by atoms with Gasteiger partial charge in [0.1, 0.15) is 5.25 Å². The van der Waals surface area contributed by atoms with Gasteiger partial charge in [0.05, 0.1) is 4.90 Å². The van der Waals surface area contributed by atoms with Gasteiger partial charge in [0, 0.05) is 24.6 Å². The number of pyridine rings is 1. The number of hydrogen-bond donors (Lipinski definition) is 2. The highest BCUT2D eigenvalue weighted by molar-refractivity contribution is 7.91. The zero-order valence-corrected chi connectivity index (χ0v) is 17.8. The molecule has 32 heavy (non-hydrogen) atoms. The number of aromatic nitrogens is 1. The van der Waals surface area contributed by atoms with E-state index in [4.69, 9.17) is 9.47 Å². The highest BCUT2D eigenvalue weighted by Gasteiger charge is 2.28. The Balaban J connectivity index is 1.45. The molecule has 3 aromatic rings. The molecule has 4 rings (SSSR count). The fraction of sp³-hybridized carbons (Fsp3) is 0.130. The van der Waals surface area contributed by atoms with Crippen LogP contribution in [0.15, 0.2) is 84.5 Å². The maximum Gasteiger partial charge on any atom is 0.319 e. The lowest BCUT2D eigenvalue weighted by Crippen LogP contribution is -2.28. The fourth-order valence-electron chi connectivity index (χ4n) is 3.27. The Hall–Kier alpha value is -3.85. The van der Waals surface area contributed by atoms with E-state index in [1.165, 1.54) is 30.3 Å². The average Bonchev–Trinajstić information content (AvgIpc) is 3.27. The molecule has 0 radical (unpaired) electrons. The van der Waals surface area contributed by atoms with Crippen LogP contribution in [-0.2, 0) is 16.4 Å². The van der Waals surface area contributed by atoms with Gasteiger partial charge in [-0.1, -0.05) is 18.2 Å². The van der Waals surface area contributed by atoms with E-state index >= 15 is 0 Å². The summed E-state index contributed by atoms with van der Waals surface area (Å²) in [6.07, 6.45) is 4.70. The maximum absolute atomic E-state index is 13.2. The van der Waals surface area contributed by atoms with Gasteiger partial charge in [-0.25, -0.2) is 13.2 Å². The topological polar surface area (TPSA) is 107 Å². The SMILES string of the molecule is C=CC(c1ccc2c(c1)OCO2)S(=O)(=O)c1ccc(NC(=O)NCc2cccnc2)cc1. The molecule has 1 aromatic heterocycles. The lowest BCUT2D eigenvalue weighted by atomic mass is 10.1. The number of nitrogens with zero attached hydrogens (tertiary/aromatic N) is 1. The Labute approximate surface area is 185 Å². The van der Waals surface area contributed by atoms with Crippen LogP contribution < -0.4 is 20.1 Å². The molecule has 0 saturated carbocycles. The predicted molar refractivity (Wildman–Crippen MR) is 119 cm³/mol. The molecule has 0 fully saturated rings. The number of ether oxygens (including phenoxy) is 2. The van der Waals surface area contributed by atoms with Crippen LogP contribution in [0.2, 0.25) is 0 Å². The zero-order chi connectivity index (χ0) is 22.6. The van der Waals surface area contributed by atoms with Crippen molar-refractivity contribution in [2.45, 2.75) is 16.7 Å². The number of hydrogen-bond acceptors (Lipinski definition) is 6. The molecule has 2 aromatic carbocycles. The predicted octanol–water partition coefficient (Wildman–Crippen LogP) is 3.83. The smallest absolute Gasteiger partial charge is 0.319 e. The average molecular weight is 452 g/mol. The summed E-state index contributed by atoms with van der Waals surface area (Å²) >= 11 is 0. The molecule has 8 nitrogen and oxygen atoms in total. The Bertz CT molecular complexity index is 1230. The number of urea groups is 1. The normalized spacial score (nSPS) is 13.2. The molecule has 1 aliphatic heterocycles. The molecule has 164 valence electrons. The minimum atomic E-state index is -3.76. The summed E-state index contributed by atoms with van der Waals surface area (Å²) in [5.74, 6) is 1.08. The van der Waals surface area contributed by atoms with Gasteiger partial charge in [0.25, 0.3) is 0 Å². The van der Waals surface area contributed by atoms with Crippen LogP contribution in [0, 0.1) is 0 Å². The standard InChI is InChI=1S/C23H21N3O5S/c1-2-22(17-5-10-20-21(12-17)31-15-30-20)32(28,29)19-8-6-18(7-9-19)26-23(27)25-14-16-4-3-11-24-13-16/h2-13,22H,1,14-15H2,(H2,25,26,27). The van der Waals surface area contributed by atoms with Crippen LogP contribution in [0.25, 0.3) is 0 Å². The Morgan fingerprint density at radius 1 is 1.12 bits per heavy atom. The second-order valence-electron chi connectivity index (χ2n) is 7.01. The minimum absolute atomic E-state index is 0.106. The lowest BCUT2D eigenvalue weighted by molar-refractivity contribution is 0.174. The number of sulfone groups is 1. The van der Waals surface area contributed by atoms with Gasteiger partial charge in [0.15, 0.2) is 21.3 Å². The van der Waals surface area contributed by atoms with E-state index in [2.05, 4.69) is 22.2 Å². The van der Waals surface area contributed by atoms with Crippen molar-refractivity contribution < 1.29 is 22.7 Å². The first-order valence-electron chi connectivity index (χ1n) is 9.77. The van der Waals surface area contributed by atoms with Gasteiger partial charge in [-0.05, 0) is 53.6 Å². The summed E-state index contributed by atoms with van der Waals surface area (Å²) in [6.45, 7) is 4.13. The second kappa shape index (κ2) is 9.11. The zero-order valence-electron chi connectivity index (χ0n) is 17.0. The third-order valence-corrected chi connectivity index (χ3v) is 6.95. The molecule has 2 heterocycles. The number of amides is 2. The number of rotatable bonds is 7. The van der Waals surface area contributed by atoms with Crippen molar-refractivity contribution in [3.8, 4) is 11.5 Å². The van der Waals surface area contributed by atoms with E-state index < -0.39 is 21.1 Å². The molecule has 1 atom stereocenters. The van der Waals surface area contributed by atoms with Gasteiger partial charge >= 0.3 is 6.03 Å². The summed E-state index contributed by atoms with van der Waals surface area (Å²) in [5, 5.41) is 4.44. The maximum atomic E-state index is 13.2. The summed E-state index contributed by atoms with van der Waals surface area (Å²) in [6, 6.07) is 14.2. The van der Waals surface area contributed by atoms with E-state index in [0.717, 1.165) is 5.56 Å². The number of anilines is 1. The van der Waals surface area contributed by atoms with Crippen molar-refractivity contribution in [1.82, 2.24) is 10.3 Å². The number of carbonyl (C=O) groups excluding carboxylic acids is 1. The number of carbonyl (C=O) groups is 1. The van der Waals surface area contributed by atoms with Gasteiger partial charge in [-0.3, -0.25) is 4.98 Å². The van der Waals surface area contributed by atoms with Crippen molar-refractivity contribution in [3.63, 3.8) is 0 Å². The largest absolute Gasteiger partial charge is 0.454 e. The van der Waals surface area contributed by atoms with Crippen LogP contribution in [0.3, 0.4) is 0 Å². The summed E-state index contributed by atoms with van der Waals surface area (Å²) in [5.41, 5.74) is 1.86. The van der Waals surface area contributed by atoms with Crippen molar-refractivity contribution in [3.05, 3.63) is 90.8 Å². The van der Waals surface area contributed by atoms with Gasteiger partial charge < -0.3 is 20.1 Å². The highest BCUT2D eigenvalue weighted by Crippen LogP contribution is 2.38. The molecular formula is C23H21N3O5S. The Morgan fingerprint density at radius 3 is 2.62 bits per heavy atom. The molecule has 0 spiro atoms. The molecule has 0 aliphatic carbocycles. The molecule has 2 N–H and O–H groups in total. The second-order valence-corrected chi connectivity index (χ2v) is 9.08. The summed E-state index contributed by atoms with van der Waals surface area (Å²) in [4.78, 5) is 16.2. The van der Waals surface area contributed by atoms with E-state index in [9.17, 15) is 13.2 Å². The summed E-state index contributed by atoms with van der Waals surface area (Å²) in [7, 11) is -3.76. The van der Waals surface area contributed by atoms with Gasteiger partial charge in [-0.2, -0.15) is 0 Å². The first kappa shape index (κ1) is 21.4. The molecule has 1 unspecified atom stereocenters. The van der Waals surface area contributed by atoms with Crippen LogP contribution in [0.5, 0.6) is 11.5 Å². The van der Waals surface area contributed by atoms with Crippen LogP contribution in [0.4, 0.5) is 10.5 Å². The molecule has 1 aliphatic rings. The van der Waals surface area contributed by atoms with E-state index in [-0.39, 0.29) is 11.7 Å². The first-order valence-corrected chi connectivity index (χ1v) is 11.3. The van der Waals surface area contributed by atoms with E-state index in [1.807, 2.05) is 6.07 Å². The number of nitrogens with one attached hydrogen (secondary N) is 2. The van der Waals surface area contributed by atoms with Crippen LogP contribution in [0.1, 0.15) is 16.4 Å². The van der Waals surface area contributed by atoms with Crippen molar-refractivity contribution in [2.24, 2.45) is 0 Å². The molecule has 9 heteroatoms. The fourth-order valence-corrected chi connectivity index (χ4v) is 4.83. The Kier molecular flexibility index (Phi) is 6.09. The van der Waals surface area contributed by atoms with Gasteiger partial charge in [-0.15, -0.1) is 6.58 Å². The van der Waals surface area contributed by atoms with Crippen LogP contribution in [-0.4, -0.2) is 26.2 Å². The van der Waals surface area contributed by atoms with Crippen molar-refractivity contribution in [1.29, 1.82) is 0 Å². The van der Waals surface area contributed by atoms with Crippen molar-refractivity contribution in [2.75, 3.05) is 12.1 Å². The third-order valence-electron chi connectivity index (χ3n) is 4.89. The highest BCUT2D eigenvalue weighted by atomic mass is 32.2. The molecule has 0 bridgehead atoms. The number of fused-ring (bicyclic) bond motifs is 1. The van der Waals surface area contributed by atoms with E-state index in [1.54, 1.807) is 36.7 Å². The minimum Gasteiger partial charge on any atom is -0.454 e. The third kappa shape index (κ3) is 4.57. The van der Waals surface area contributed by atoms with E-state index in [0.29, 0.717) is 29.3 Å². The molecule has 2 amide bonds. The summed E-state index contributed by atoms with van der Waals surface area (Å²) < 4.78 is 37.1. The van der Waals surface area contributed by atoms with Gasteiger partial charge in [0.2, 0.25) is 6.79 Å². The first-order chi connectivity index (χ1) is 15.5. The lowest BCUT2D eigenvalue weighted by Gasteiger charge is -2.15. The van der Waals surface area contributed by atoms with Crippen molar-refractivity contribution >= 4 is 21.6 Å². The molecule has 0 saturated heterocycles. The Morgan fingerprint density at radius 2 is 1.91 bits per heavy atom.